The molecule has 11 rings (SSSR count). The van der Waals surface area contributed by atoms with Crippen LogP contribution < -0.4 is 0 Å². The van der Waals surface area contributed by atoms with Crippen LogP contribution in [0.25, 0.3) is 78.0 Å². The van der Waals surface area contributed by atoms with Gasteiger partial charge in [0.05, 0.1) is 11.0 Å². The standard InChI is InChI=1S/C55H48N2/c1-36-13-12-16-43-35-55(2,32-31-45(36)43)53-47-20-9-8-19-46(47)52(42-28-25-37-14-6-7-15-40(37)33-42)49-34-41(29-30-48(49)53)38-23-26-39(27-24-38)54-56-50-21-10-11-22-51(50)57(54)44-17-4-3-5-18-44/h3-4,7-11,15,17,19-34,36H,5-6,12-14,16,18,35H2,1-2H3. The van der Waals surface area contributed by atoms with Crippen molar-refractivity contribution in [3.63, 3.8) is 0 Å². The maximum Gasteiger partial charge on any atom is 0.145 e. The lowest BCUT2D eigenvalue weighted by atomic mass is 9.66. The summed E-state index contributed by atoms with van der Waals surface area (Å²) in [5.74, 6) is 1.65. The molecule has 4 aliphatic carbocycles. The Balaban J connectivity index is 1.09. The third kappa shape index (κ3) is 5.72. The van der Waals surface area contributed by atoms with Crippen LogP contribution in [0.1, 0.15) is 75.5 Å². The molecule has 0 spiro atoms. The van der Waals surface area contributed by atoms with E-state index in [1.807, 2.05) is 0 Å². The average Bonchev–Trinajstić information content (AvgIpc) is 3.65. The number of allylic oxidation sites excluding steroid dienone is 9. The SMILES string of the molecule is CC1CCCC2=C1C=CC(C)(c1c3ccccc3c(-c3ccc4c(c3)C=CCC4)c3cc(-c4ccc(-c5nc6ccccc6n5C5=CC=CCC5)cc4)ccc13)C2. The second-order valence-electron chi connectivity index (χ2n) is 17.2. The number of benzene rings is 6. The van der Waals surface area contributed by atoms with Gasteiger partial charge in [-0.15, -0.1) is 0 Å². The smallest absolute Gasteiger partial charge is 0.145 e. The van der Waals surface area contributed by atoms with Crippen LogP contribution in [-0.2, 0) is 11.8 Å². The Hall–Kier alpha value is -5.99. The summed E-state index contributed by atoms with van der Waals surface area (Å²) in [5, 5.41) is 5.40. The normalized spacial score (nSPS) is 20.3. The van der Waals surface area contributed by atoms with Gasteiger partial charge < -0.3 is 0 Å². The van der Waals surface area contributed by atoms with Crippen LogP contribution >= 0.6 is 0 Å². The molecule has 1 aromatic heterocycles. The molecule has 2 nitrogen and oxygen atoms in total. The molecule has 0 aliphatic heterocycles. The number of imidazole rings is 1. The van der Waals surface area contributed by atoms with Crippen molar-refractivity contribution in [3.05, 3.63) is 173 Å². The van der Waals surface area contributed by atoms with E-state index < -0.39 is 0 Å². The van der Waals surface area contributed by atoms with Crippen molar-refractivity contribution in [3.8, 4) is 33.6 Å². The van der Waals surface area contributed by atoms with Gasteiger partial charge in [0, 0.05) is 16.7 Å². The summed E-state index contributed by atoms with van der Waals surface area (Å²) in [6.07, 6.45) is 25.6. The molecule has 4 aliphatic rings. The third-order valence-electron chi connectivity index (χ3n) is 13.5. The van der Waals surface area contributed by atoms with Crippen molar-refractivity contribution < 1.29 is 0 Å². The van der Waals surface area contributed by atoms with Gasteiger partial charge in [-0.25, -0.2) is 4.98 Å². The Bertz CT molecular complexity index is 2920. The summed E-state index contributed by atoms with van der Waals surface area (Å²) in [7, 11) is 0. The molecule has 57 heavy (non-hydrogen) atoms. The van der Waals surface area contributed by atoms with Crippen LogP contribution in [0.5, 0.6) is 0 Å². The highest BCUT2D eigenvalue weighted by molar-refractivity contribution is 6.16. The first-order valence-corrected chi connectivity index (χ1v) is 21.2. The second kappa shape index (κ2) is 13.6. The van der Waals surface area contributed by atoms with Crippen molar-refractivity contribution in [2.75, 3.05) is 0 Å². The minimum atomic E-state index is -0.108. The van der Waals surface area contributed by atoms with Gasteiger partial charge in [-0.05, 0) is 154 Å². The number of aryl methyl sites for hydroxylation is 1. The minimum absolute atomic E-state index is 0.108. The van der Waals surface area contributed by atoms with Crippen molar-refractivity contribution in [1.82, 2.24) is 9.55 Å². The van der Waals surface area contributed by atoms with E-state index in [1.54, 1.807) is 11.1 Å². The zero-order valence-electron chi connectivity index (χ0n) is 33.1. The maximum absolute atomic E-state index is 5.18. The molecule has 0 radical (unpaired) electrons. The van der Waals surface area contributed by atoms with E-state index in [1.165, 1.54) is 85.4 Å². The minimum Gasteiger partial charge on any atom is -0.296 e. The Morgan fingerprint density at radius 3 is 2.33 bits per heavy atom. The highest BCUT2D eigenvalue weighted by Crippen LogP contribution is 2.51. The molecule has 0 saturated carbocycles. The topological polar surface area (TPSA) is 17.8 Å². The van der Waals surface area contributed by atoms with Crippen LogP contribution in [0.3, 0.4) is 0 Å². The van der Waals surface area contributed by atoms with Crippen molar-refractivity contribution in [2.45, 2.75) is 70.6 Å². The molecule has 1 heterocycles. The van der Waals surface area contributed by atoms with Crippen LogP contribution in [0.15, 0.2) is 157 Å². The molecular formula is C55H48N2. The van der Waals surface area contributed by atoms with E-state index in [0.717, 1.165) is 54.5 Å². The van der Waals surface area contributed by atoms with Gasteiger partial charge in [0.15, 0.2) is 0 Å². The first-order valence-electron chi connectivity index (χ1n) is 21.2. The summed E-state index contributed by atoms with van der Waals surface area (Å²) in [6.45, 7) is 4.92. The molecule has 6 aromatic carbocycles. The van der Waals surface area contributed by atoms with Gasteiger partial charge in [-0.2, -0.15) is 0 Å². The van der Waals surface area contributed by atoms with E-state index in [-0.39, 0.29) is 5.41 Å². The van der Waals surface area contributed by atoms with E-state index in [0.29, 0.717) is 5.92 Å². The first-order chi connectivity index (χ1) is 28.0. The second-order valence-corrected chi connectivity index (χ2v) is 17.2. The number of fused-ring (bicyclic) bond motifs is 4. The highest BCUT2D eigenvalue weighted by Gasteiger charge is 2.35. The molecule has 278 valence electrons. The first kappa shape index (κ1) is 34.3. The van der Waals surface area contributed by atoms with Crippen molar-refractivity contribution >= 4 is 44.4 Å². The summed E-state index contributed by atoms with van der Waals surface area (Å²) < 4.78 is 2.36. The fourth-order valence-electron chi connectivity index (χ4n) is 10.7. The number of hydrogen-bond donors (Lipinski definition) is 0. The van der Waals surface area contributed by atoms with E-state index in [9.17, 15) is 0 Å². The van der Waals surface area contributed by atoms with Crippen molar-refractivity contribution in [1.29, 1.82) is 0 Å². The van der Waals surface area contributed by atoms with Crippen LogP contribution in [-0.4, -0.2) is 9.55 Å². The zero-order chi connectivity index (χ0) is 38.1. The molecule has 0 bridgehead atoms. The monoisotopic (exact) mass is 736 g/mol. The molecular weight excluding hydrogens is 689 g/mol. The number of nitrogens with zero attached hydrogens (tertiary/aromatic N) is 2. The van der Waals surface area contributed by atoms with Gasteiger partial charge in [0.25, 0.3) is 0 Å². The lowest BCUT2D eigenvalue weighted by molar-refractivity contribution is 0.487. The van der Waals surface area contributed by atoms with Gasteiger partial charge in [-0.3, -0.25) is 4.57 Å². The van der Waals surface area contributed by atoms with E-state index in [2.05, 4.69) is 170 Å². The molecule has 0 fully saturated rings. The number of rotatable bonds is 5. The molecule has 2 atom stereocenters. The molecule has 7 aromatic rings. The summed E-state index contributed by atoms with van der Waals surface area (Å²) in [4.78, 5) is 5.18. The summed E-state index contributed by atoms with van der Waals surface area (Å²) in [6, 6.07) is 41.4. The largest absolute Gasteiger partial charge is 0.296 e. The summed E-state index contributed by atoms with van der Waals surface area (Å²) in [5.41, 5.74) is 17.1. The molecule has 2 unspecified atom stereocenters. The lowest BCUT2D eigenvalue weighted by Gasteiger charge is -2.38. The Labute approximate surface area is 336 Å². The van der Waals surface area contributed by atoms with Gasteiger partial charge in [-0.1, -0.05) is 141 Å². The van der Waals surface area contributed by atoms with Crippen LogP contribution in [0.2, 0.25) is 0 Å². The van der Waals surface area contributed by atoms with Crippen LogP contribution in [0, 0.1) is 5.92 Å². The molecule has 0 N–H and O–H groups in total. The Morgan fingerprint density at radius 1 is 0.684 bits per heavy atom. The molecule has 0 saturated heterocycles. The average molecular weight is 737 g/mol. The Kier molecular flexibility index (Phi) is 8.17. The molecule has 0 amide bonds. The fourth-order valence-corrected chi connectivity index (χ4v) is 10.7. The van der Waals surface area contributed by atoms with Gasteiger partial charge in [0.1, 0.15) is 5.82 Å². The van der Waals surface area contributed by atoms with Gasteiger partial charge >= 0.3 is 0 Å². The quantitative estimate of drug-likeness (QED) is 0.161. The third-order valence-corrected chi connectivity index (χ3v) is 13.5. The number of hydrogen-bond acceptors (Lipinski definition) is 1. The lowest BCUT2D eigenvalue weighted by Crippen LogP contribution is -2.26. The zero-order valence-corrected chi connectivity index (χ0v) is 33.1. The number of para-hydroxylation sites is 2. The highest BCUT2D eigenvalue weighted by atomic mass is 15.1. The Morgan fingerprint density at radius 2 is 1.46 bits per heavy atom. The van der Waals surface area contributed by atoms with Gasteiger partial charge in [0.2, 0.25) is 0 Å². The predicted molar refractivity (Wildman–Crippen MR) is 242 cm³/mol. The van der Waals surface area contributed by atoms with E-state index in [4.69, 9.17) is 4.98 Å². The summed E-state index contributed by atoms with van der Waals surface area (Å²) >= 11 is 0. The predicted octanol–water partition coefficient (Wildman–Crippen LogP) is 14.8. The molecule has 2 heteroatoms. The fraction of sp³-hybridized carbons (Fsp3) is 0.218. The van der Waals surface area contributed by atoms with E-state index >= 15 is 0 Å². The van der Waals surface area contributed by atoms with Crippen LogP contribution in [0.4, 0.5) is 0 Å². The number of aromatic nitrogens is 2. The van der Waals surface area contributed by atoms with Crippen molar-refractivity contribution in [2.24, 2.45) is 5.92 Å². The maximum atomic E-state index is 5.18.